The molecule has 0 saturated carbocycles. The summed E-state index contributed by atoms with van der Waals surface area (Å²) in [7, 11) is 1.62. The molecule has 0 aromatic heterocycles. The zero-order valence-electron chi connectivity index (χ0n) is 13.1. The van der Waals surface area contributed by atoms with E-state index >= 15 is 0 Å². The van der Waals surface area contributed by atoms with Gasteiger partial charge in [0.1, 0.15) is 0 Å². The van der Waals surface area contributed by atoms with Gasteiger partial charge in [-0.05, 0) is 42.8 Å². The van der Waals surface area contributed by atoms with Crippen molar-refractivity contribution in [2.24, 2.45) is 10.8 Å². The Morgan fingerprint density at radius 2 is 2.27 bits per heavy atom. The monoisotopic (exact) mass is 321 g/mol. The van der Waals surface area contributed by atoms with E-state index in [2.05, 4.69) is 24.0 Å². The Morgan fingerprint density at radius 3 is 2.86 bits per heavy atom. The number of benzene rings is 1. The molecule has 5 nitrogen and oxygen atoms in total. The average molecular weight is 321 g/mol. The smallest absolute Gasteiger partial charge is 0.184 e. The first-order chi connectivity index (χ1) is 10.6. The molecular formula is C16H23N3O2S. The minimum Gasteiger partial charge on any atom is -0.493 e. The molecule has 0 atom stereocenters. The molecule has 0 amide bonds. The standard InChI is InChI=1S/C16H23N3O2S/c1-4-6-8-21-15-13(7-5-2)9-12(10-14(15)20-3)11-18-19-16(17)22/h5,9-11H,2,4,6-8H2,1,3H3,(H3,17,19,22). The third-order valence-corrected chi connectivity index (χ3v) is 2.96. The van der Waals surface area contributed by atoms with Crippen molar-refractivity contribution in [3.63, 3.8) is 0 Å². The van der Waals surface area contributed by atoms with Gasteiger partial charge in [0.05, 0.1) is 19.9 Å². The second-order valence-corrected chi connectivity index (χ2v) is 5.08. The van der Waals surface area contributed by atoms with E-state index in [-0.39, 0.29) is 5.11 Å². The van der Waals surface area contributed by atoms with Gasteiger partial charge in [0.25, 0.3) is 0 Å². The number of methoxy groups -OCH3 is 1. The Morgan fingerprint density at radius 1 is 1.50 bits per heavy atom. The number of hydrogen-bond donors (Lipinski definition) is 2. The van der Waals surface area contributed by atoms with Gasteiger partial charge in [0.2, 0.25) is 0 Å². The van der Waals surface area contributed by atoms with E-state index in [4.69, 9.17) is 27.4 Å². The summed E-state index contributed by atoms with van der Waals surface area (Å²) in [5, 5.41) is 4.08. The number of allylic oxidation sites excluding steroid dienone is 1. The normalized spacial score (nSPS) is 10.5. The molecule has 6 heteroatoms. The molecular weight excluding hydrogens is 298 g/mol. The largest absolute Gasteiger partial charge is 0.493 e. The van der Waals surface area contributed by atoms with Crippen molar-refractivity contribution in [1.82, 2.24) is 5.43 Å². The Bertz CT molecular complexity index is 544. The molecule has 0 aliphatic carbocycles. The maximum absolute atomic E-state index is 5.88. The quantitative estimate of drug-likeness (QED) is 0.241. The van der Waals surface area contributed by atoms with Crippen LogP contribution in [0, 0.1) is 0 Å². The molecule has 0 aliphatic heterocycles. The lowest BCUT2D eigenvalue weighted by Crippen LogP contribution is -2.24. The highest BCUT2D eigenvalue weighted by Gasteiger charge is 2.12. The first-order valence-corrected chi connectivity index (χ1v) is 7.56. The van der Waals surface area contributed by atoms with Gasteiger partial charge in [-0.1, -0.05) is 19.4 Å². The predicted octanol–water partition coefficient (Wildman–Crippen LogP) is 2.77. The van der Waals surface area contributed by atoms with Crippen LogP contribution in [0.2, 0.25) is 0 Å². The molecule has 0 aliphatic rings. The topological polar surface area (TPSA) is 68.9 Å². The Balaban J connectivity index is 3.07. The summed E-state index contributed by atoms with van der Waals surface area (Å²) >= 11 is 4.70. The molecule has 0 bridgehead atoms. The van der Waals surface area contributed by atoms with Crippen LogP contribution in [-0.2, 0) is 6.42 Å². The molecule has 1 aromatic rings. The molecule has 0 heterocycles. The third-order valence-electron chi connectivity index (χ3n) is 2.87. The molecule has 0 spiro atoms. The summed E-state index contributed by atoms with van der Waals surface area (Å²) < 4.78 is 11.3. The summed E-state index contributed by atoms with van der Waals surface area (Å²) in [6.45, 7) is 6.57. The number of thiocarbonyl (C=S) groups is 1. The van der Waals surface area contributed by atoms with E-state index < -0.39 is 0 Å². The second-order valence-electron chi connectivity index (χ2n) is 4.64. The lowest BCUT2D eigenvalue weighted by atomic mass is 10.1. The maximum atomic E-state index is 5.88. The Labute approximate surface area is 137 Å². The summed E-state index contributed by atoms with van der Waals surface area (Å²) in [5.74, 6) is 1.43. The van der Waals surface area contributed by atoms with E-state index in [0.29, 0.717) is 18.8 Å². The van der Waals surface area contributed by atoms with Gasteiger partial charge >= 0.3 is 0 Å². The van der Waals surface area contributed by atoms with E-state index in [0.717, 1.165) is 29.7 Å². The summed E-state index contributed by atoms with van der Waals surface area (Å²) in [6, 6.07) is 3.84. The van der Waals surface area contributed by atoms with Crippen LogP contribution in [0.1, 0.15) is 30.9 Å². The number of hydrogen-bond acceptors (Lipinski definition) is 4. The Kier molecular flexibility index (Phi) is 7.99. The molecule has 22 heavy (non-hydrogen) atoms. The lowest BCUT2D eigenvalue weighted by Gasteiger charge is -2.15. The number of nitrogens with zero attached hydrogens (tertiary/aromatic N) is 1. The highest BCUT2D eigenvalue weighted by Crippen LogP contribution is 2.33. The predicted molar refractivity (Wildman–Crippen MR) is 94.8 cm³/mol. The van der Waals surface area contributed by atoms with Crippen molar-refractivity contribution in [2.75, 3.05) is 13.7 Å². The van der Waals surface area contributed by atoms with Gasteiger partial charge in [-0.25, -0.2) is 0 Å². The Hall–Kier alpha value is -2.08. The fourth-order valence-electron chi connectivity index (χ4n) is 1.87. The van der Waals surface area contributed by atoms with E-state index in [1.54, 1.807) is 13.3 Å². The molecule has 1 rings (SSSR count). The number of nitrogens with one attached hydrogen (secondary N) is 1. The third kappa shape index (κ3) is 5.73. The SMILES string of the molecule is C=CCc1cc(C=NNC(N)=S)cc(OC)c1OCCCC. The van der Waals surface area contributed by atoms with Crippen LogP contribution in [0.4, 0.5) is 0 Å². The van der Waals surface area contributed by atoms with Crippen molar-refractivity contribution in [3.8, 4) is 11.5 Å². The first kappa shape index (κ1) is 18.0. The van der Waals surface area contributed by atoms with Gasteiger partial charge in [-0.3, -0.25) is 5.43 Å². The minimum atomic E-state index is 0.119. The van der Waals surface area contributed by atoms with Crippen LogP contribution >= 0.6 is 12.2 Å². The number of unbranched alkanes of at least 4 members (excludes halogenated alkanes) is 1. The van der Waals surface area contributed by atoms with Gasteiger partial charge in [-0.15, -0.1) is 6.58 Å². The molecule has 0 unspecified atom stereocenters. The molecule has 0 fully saturated rings. The first-order valence-electron chi connectivity index (χ1n) is 7.15. The van der Waals surface area contributed by atoms with Crippen LogP contribution < -0.4 is 20.6 Å². The van der Waals surface area contributed by atoms with Gasteiger partial charge in [-0.2, -0.15) is 5.10 Å². The zero-order valence-corrected chi connectivity index (χ0v) is 13.9. The van der Waals surface area contributed by atoms with Crippen LogP contribution in [0.5, 0.6) is 11.5 Å². The highest BCUT2D eigenvalue weighted by atomic mass is 32.1. The van der Waals surface area contributed by atoms with Crippen LogP contribution in [-0.4, -0.2) is 25.0 Å². The van der Waals surface area contributed by atoms with Crippen LogP contribution in [0.15, 0.2) is 29.9 Å². The van der Waals surface area contributed by atoms with E-state index in [9.17, 15) is 0 Å². The highest BCUT2D eigenvalue weighted by molar-refractivity contribution is 7.80. The van der Waals surface area contributed by atoms with E-state index in [1.165, 1.54) is 0 Å². The fourth-order valence-corrected chi connectivity index (χ4v) is 1.92. The molecule has 120 valence electrons. The fraction of sp³-hybridized carbons (Fsp3) is 0.375. The second kappa shape index (κ2) is 9.78. The summed E-state index contributed by atoms with van der Waals surface area (Å²) in [4.78, 5) is 0. The minimum absolute atomic E-state index is 0.119. The molecule has 3 N–H and O–H groups in total. The van der Waals surface area contributed by atoms with Crippen molar-refractivity contribution in [2.45, 2.75) is 26.2 Å². The van der Waals surface area contributed by atoms with Crippen LogP contribution in [0.3, 0.4) is 0 Å². The molecule has 1 aromatic carbocycles. The van der Waals surface area contributed by atoms with Crippen LogP contribution in [0.25, 0.3) is 0 Å². The summed E-state index contributed by atoms with van der Waals surface area (Å²) in [5.41, 5.74) is 9.72. The van der Waals surface area contributed by atoms with Crippen molar-refractivity contribution < 1.29 is 9.47 Å². The van der Waals surface area contributed by atoms with E-state index in [1.807, 2.05) is 18.2 Å². The van der Waals surface area contributed by atoms with Crippen molar-refractivity contribution in [3.05, 3.63) is 35.9 Å². The van der Waals surface area contributed by atoms with Gasteiger partial charge < -0.3 is 15.2 Å². The lowest BCUT2D eigenvalue weighted by molar-refractivity contribution is 0.286. The van der Waals surface area contributed by atoms with Crippen molar-refractivity contribution in [1.29, 1.82) is 0 Å². The number of rotatable bonds is 9. The number of ether oxygens (including phenoxy) is 2. The number of nitrogens with two attached hydrogens (primary N) is 1. The maximum Gasteiger partial charge on any atom is 0.184 e. The zero-order chi connectivity index (χ0) is 16.4. The van der Waals surface area contributed by atoms with Crippen molar-refractivity contribution >= 4 is 23.5 Å². The molecule has 0 radical (unpaired) electrons. The summed E-state index contributed by atoms with van der Waals surface area (Å²) in [6.07, 6.45) is 6.22. The number of hydrazone groups is 1. The molecule has 0 saturated heterocycles. The van der Waals surface area contributed by atoms with Gasteiger partial charge in [0.15, 0.2) is 16.6 Å². The average Bonchev–Trinajstić information content (AvgIpc) is 2.49. The van der Waals surface area contributed by atoms with Gasteiger partial charge in [0, 0.05) is 5.56 Å².